The van der Waals surface area contributed by atoms with Crippen LogP contribution in [0.25, 0.3) is 9.88 Å². The zero-order chi connectivity index (χ0) is 18.7. The highest BCUT2D eigenvalue weighted by Crippen LogP contribution is 2.27. The van der Waals surface area contributed by atoms with Gasteiger partial charge in [0.1, 0.15) is 10.7 Å². The Labute approximate surface area is 160 Å². The summed E-state index contributed by atoms with van der Waals surface area (Å²) < 4.78 is 0. The topological polar surface area (TPSA) is 71.1 Å². The Balaban J connectivity index is 1.59. The third kappa shape index (κ3) is 4.17. The fraction of sp³-hybridized carbons (Fsp3) is 0.211. The summed E-state index contributed by atoms with van der Waals surface area (Å²) in [5.74, 6) is -0.612. The molecular weight excluding hydrogens is 366 g/mol. The number of benzene rings is 1. The van der Waals surface area contributed by atoms with Gasteiger partial charge in [-0.2, -0.15) is 0 Å². The Morgan fingerprint density at radius 2 is 1.85 bits per heavy atom. The minimum absolute atomic E-state index is 0.0998. The van der Waals surface area contributed by atoms with E-state index in [2.05, 4.69) is 15.6 Å². The molecule has 0 aliphatic heterocycles. The second kappa shape index (κ2) is 7.80. The van der Waals surface area contributed by atoms with Crippen LogP contribution in [0.1, 0.15) is 27.2 Å². The lowest BCUT2D eigenvalue weighted by Gasteiger charge is -2.13. The summed E-state index contributed by atoms with van der Waals surface area (Å²) in [5.41, 5.74) is 4.28. The van der Waals surface area contributed by atoms with Crippen molar-refractivity contribution in [1.29, 1.82) is 0 Å². The molecule has 3 rings (SSSR count). The molecule has 0 radical (unpaired) electrons. The van der Waals surface area contributed by atoms with Crippen LogP contribution in [0.3, 0.4) is 0 Å². The number of thiazole rings is 1. The number of hydrogen-bond acceptors (Lipinski definition) is 5. The number of nitrogens with one attached hydrogen (secondary N) is 2. The lowest BCUT2D eigenvalue weighted by molar-refractivity contribution is -0.115. The van der Waals surface area contributed by atoms with Crippen molar-refractivity contribution in [2.24, 2.45) is 0 Å². The van der Waals surface area contributed by atoms with Crippen LogP contribution in [-0.2, 0) is 4.79 Å². The predicted octanol–water partition coefficient (Wildman–Crippen LogP) is 4.17. The van der Waals surface area contributed by atoms with Crippen molar-refractivity contribution in [2.75, 3.05) is 11.9 Å². The van der Waals surface area contributed by atoms with Crippen LogP contribution in [-0.4, -0.2) is 23.3 Å². The van der Waals surface area contributed by atoms with Crippen molar-refractivity contribution in [2.45, 2.75) is 20.8 Å². The maximum Gasteiger partial charge on any atom is 0.271 e. The molecule has 0 spiro atoms. The molecule has 0 aliphatic carbocycles. The fourth-order valence-electron chi connectivity index (χ4n) is 2.70. The summed E-state index contributed by atoms with van der Waals surface area (Å²) in [4.78, 5) is 29.8. The summed E-state index contributed by atoms with van der Waals surface area (Å²) in [5, 5.41) is 9.97. The number of carbonyl (C=O) groups excluding carboxylic acids is 2. The maximum atomic E-state index is 12.2. The van der Waals surface area contributed by atoms with Gasteiger partial charge in [-0.1, -0.05) is 23.8 Å². The molecule has 2 aromatic heterocycles. The fourth-order valence-corrected chi connectivity index (χ4v) is 4.32. The van der Waals surface area contributed by atoms with Crippen molar-refractivity contribution in [3.63, 3.8) is 0 Å². The molecule has 1 aromatic carbocycles. The van der Waals surface area contributed by atoms with Crippen molar-refractivity contribution >= 4 is 40.2 Å². The van der Waals surface area contributed by atoms with Gasteiger partial charge in [0.05, 0.1) is 11.4 Å². The van der Waals surface area contributed by atoms with Crippen molar-refractivity contribution in [1.82, 2.24) is 10.3 Å². The molecule has 26 heavy (non-hydrogen) atoms. The first kappa shape index (κ1) is 18.3. The molecule has 5 nitrogen and oxygen atoms in total. The first-order valence-electron chi connectivity index (χ1n) is 8.09. The molecule has 7 heteroatoms. The molecule has 0 unspecified atom stereocenters. The average molecular weight is 386 g/mol. The van der Waals surface area contributed by atoms with Gasteiger partial charge in [-0.3, -0.25) is 9.59 Å². The quantitative estimate of drug-likeness (QED) is 0.693. The molecule has 0 saturated heterocycles. The van der Waals surface area contributed by atoms with Gasteiger partial charge in [-0.15, -0.1) is 22.7 Å². The first-order chi connectivity index (χ1) is 12.4. The van der Waals surface area contributed by atoms with Crippen LogP contribution in [0.15, 0.2) is 35.0 Å². The van der Waals surface area contributed by atoms with Crippen molar-refractivity contribution in [3.8, 4) is 9.88 Å². The smallest absolute Gasteiger partial charge is 0.271 e. The van der Waals surface area contributed by atoms with Gasteiger partial charge in [0, 0.05) is 11.1 Å². The lowest BCUT2D eigenvalue weighted by Crippen LogP contribution is -2.33. The van der Waals surface area contributed by atoms with E-state index >= 15 is 0 Å². The van der Waals surface area contributed by atoms with E-state index in [0.29, 0.717) is 5.69 Å². The number of hydrogen-bond donors (Lipinski definition) is 2. The van der Waals surface area contributed by atoms with E-state index in [1.54, 1.807) is 16.7 Å². The Morgan fingerprint density at radius 1 is 1.12 bits per heavy atom. The SMILES string of the molecule is Cc1cc(C)c(NC(=O)CNC(=O)c2csc(-c3cccs3)n2)c(C)c1. The number of carbonyl (C=O) groups is 2. The summed E-state index contributed by atoms with van der Waals surface area (Å²) in [6, 6.07) is 7.94. The van der Waals surface area contributed by atoms with Gasteiger partial charge in [-0.25, -0.2) is 4.98 Å². The van der Waals surface area contributed by atoms with E-state index in [-0.39, 0.29) is 18.4 Å². The molecule has 0 saturated carbocycles. The molecule has 2 amide bonds. The Hall–Kier alpha value is -2.51. The molecule has 134 valence electrons. The Morgan fingerprint density at radius 3 is 2.50 bits per heavy atom. The van der Waals surface area contributed by atoms with Crippen LogP contribution in [0, 0.1) is 20.8 Å². The highest BCUT2D eigenvalue weighted by atomic mass is 32.1. The minimum Gasteiger partial charge on any atom is -0.342 e. The maximum absolute atomic E-state index is 12.2. The second-order valence-corrected chi connectivity index (χ2v) is 7.83. The normalized spacial score (nSPS) is 10.6. The van der Waals surface area contributed by atoms with E-state index in [9.17, 15) is 9.59 Å². The van der Waals surface area contributed by atoms with Crippen LogP contribution in [0.2, 0.25) is 0 Å². The van der Waals surface area contributed by atoms with Crippen LogP contribution >= 0.6 is 22.7 Å². The van der Waals surface area contributed by atoms with Crippen molar-refractivity contribution in [3.05, 3.63) is 57.4 Å². The summed E-state index contributed by atoms with van der Waals surface area (Å²) in [6.07, 6.45) is 0. The molecular formula is C19H19N3O2S2. The largest absolute Gasteiger partial charge is 0.342 e. The van der Waals surface area contributed by atoms with E-state index < -0.39 is 0 Å². The number of anilines is 1. The molecule has 0 aliphatic rings. The third-order valence-electron chi connectivity index (χ3n) is 3.82. The number of nitrogens with zero attached hydrogens (tertiary/aromatic N) is 1. The molecule has 0 fully saturated rings. The van der Waals surface area contributed by atoms with Crippen molar-refractivity contribution < 1.29 is 9.59 Å². The van der Waals surface area contributed by atoms with Gasteiger partial charge >= 0.3 is 0 Å². The highest BCUT2D eigenvalue weighted by molar-refractivity contribution is 7.20. The molecule has 2 heterocycles. The Bertz CT molecular complexity index is 923. The molecule has 3 aromatic rings. The summed E-state index contributed by atoms with van der Waals surface area (Å²) >= 11 is 2.99. The number of rotatable bonds is 5. The predicted molar refractivity (Wildman–Crippen MR) is 107 cm³/mol. The number of aromatic nitrogens is 1. The van der Waals surface area contributed by atoms with Gasteiger partial charge in [0.2, 0.25) is 5.91 Å². The highest BCUT2D eigenvalue weighted by Gasteiger charge is 2.14. The van der Waals surface area contributed by atoms with Gasteiger partial charge < -0.3 is 10.6 Å². The Kier molecular flexibility index (Phi) is 5.49. The van der Waals surface area contributed by atoms with Crippen LogP contribution in [0.4, 0.5) is 5.69 Å². The summed E-state index contributed by atoms with van der Waals surface area (Å²) in [7, 11) is 0. The van der Waals surface area contributed by atoms with Gasteiger partial charge in [-0.05, 0) is 43.3 Å². The zero-order valence-electron chi connectivity index (χ0n) is 14.8. The minimum atomic E-state index is -0.350. The summed E-state index contributed by atoms with van der Waals surface area (Å²) in [6.45, 7) is 5.83. The number of amides is 2. The average Bonchev–Trinajstić information content (AvgIpc) is 3.26. The van der Waals surface area contributed by atoms with Crippen LogP contribution < -0.4 is 10.6 Å². The lowest BCUT2D eigenvalue weighted by atomic mass is 10.1. The van der Waals surface area contributed by atoms with E-state index in [4.69, 9.17) is 0 Å². The van der Waals surface area contributed by atoms with E-state index in [0.717, 1.165) is 32.3 Å². The molecule has 0 bridgehead atoms. The van der Waals surface area contributed by atoms with Gasteiger partial charge in [0.25, 0.3) is 5.91 Å². The third-order valence-corrected chi connectivity index (χ3v) is 5.70. The second-order valence-electron chi connectivity index (χ2n) is 6.02. The van der Waals surface area contributed by atoms with E-state index in [1.807, 2.05) is 50.4 Å². The molecule has 0 atom stereocenters. The monoisotopic (exact) mass is 385 g/mol. The standard InChI is InChI=1S/C19H19N3O2S2/c1-11-7-12(2)17(13(3)8-11)22-16(23)9-20-18(24)14-10-26-19(21-14)15-5-4-6-25-15/h4-8,10H,9H2,1-3H3,(H,20,24)(H,22,23). The van der Waals surface area contributed by atoms with E-state index in [1.165, 1.54) is 11.3 Å². The zero-order valence-corrected chi connectivity index (χ0v) is 16.4. The number of aryl methyl sites for hydroxylation is 3. The first-order valence-corrected chi connectivity index (χ1v) is 9.85. The van der Waals surface area contributed by atoms with Gasteiger partial charge in [0.15, 0.2) is 0 Å². The van der Waals surface area contributed by atoms with Crippen LogP contribution in [0.5, 0.6) is 0 Å². The number of thiophene rings is 1. The molecule has 2 N–H and O–H groups in total.